The summed E-state index contributed by atoms with van der Waals surface area (Å²) in [6.07, 6.45) is 4.80. The molecule has 0 aliphatic rings. The van der Waals surface area contributed by atoms with E-state index in [9.17, 15) is 5.11 Å². The van der Waals surface area contributed by atoms with Gasteiger partial charge in [-0.25, -0.2) is 0 Å². The van der Waals surface area contributed by atoms with Crippen molar-refractivity contribution in [3.8, 4) is 5.75 Å². The van der Waals surface area contributed by atoms with Crippen LogP contribution in [0.5, 0.6) is 5.75 Å². The van der Waals surface area contributed by atoms with Gasteiger partial charge in [-0.3, -0.25) is 4.90 Å². The maximum Gasteiger partial charge on any atom is 0.120 e. The molecule has 0 bridgehead atoms. The predicted molar refractivity (Wildman–Crippen MR) is 94.7 cm³/mol. The van der Waals surface area contributed by atoms with Crippen molar-refractivity contribution in [2.75, 3.05) is 26.3 Å². The van der Waals surface area contributed by atoms with Crippen molar-refractivity contribution >= 4 is 0 Å². The second kappa shape index (κ2) is 9.91. The Hall–Kier alpha value is -1.10. The van der Waals surface area contributed by atoms with Crippen LogP contribution in [0.15, 0.2) is 18.2 Å². The van der Waals surface area contributed by atoms with E-state index in [4.69, 9.17) is 10.2 Å². The van der Waals surface area contributed by atoms with Crippen molar-refractivity contribution in [2.45, 2.75) is 58.4 Å². The van der Waals surface area contributed by atoms with Gasteiger partial charge in [0.15, 0.2) is 0 Å². The number of hydrogen-bond donors (Lipinski definition) is 3. The first-order valence-corrected chi connectivity index (χ1v) is 8.71. The van der Waals surface area contributed by atoms with Crippen LogP contribution in [0.25, 0.3) is 0 Å². The van der Waals surface area contributed by atoms with E-state index < -0.39 is 0 Å². The van der Waals surface area contributed by atoms with Gasteiger partial charge in [-0.15, -0.1) is 0 Å². The normalized spacial score (nSPS) is 12.1. The average Bonchev–Trinajstić information content (AvgIpc) is 2.50. The van der Waals surface area contributed by atoms with Crippen molar-refractivity contribution < 1.29 is 15.3 Å². The van der Waals surface area contributed by atoms with E-state index >= 15 is 0 Å². The number of unbranched alkanes of at least 4 members (excludes halogenated alkanes) is 2. The zero-order chi connectivity index (χ0) is 17.3. The first-order chi connectivity index (χ1) is 10.9. The van der Waals surface area contributed by atoms with Gasteiger partial charge in [-0.1, -0.05) is 52.2 Å². The number of aromatic hydroxyl groups is 1. The SMILES string of the molecule is CCCCCC(C)(C)c1ccc(O)c(CN(CCO)CCO)c1. The highest BCUT2D eigenvalue weighted by Gasteiger charge is 2.21. The van der Waals surface area contributed by atoms with Gasteiger partial charge in [0, 0.05) is 25.2 Å². The minimum atomic E-state index is 0.0446. The Morgan fingerprint density at radius 3 is 2.26 bits per heavy atom. The van der Waals surface area contributed by atoms with Crippen molar-refractivity contribution in [3.63, 3.8) is 0 Å². The summed E-state index contributed by atoms with van der Waals surface area (Å²) in [5, 5.41) is 28.4. The summed E-state index contributed by atoms with van der Waals surface area (Å²) in [6.45, 7) is 8.31. The lowest BCUT2D eigenvalue weighted by Crippen LogP contribution is -2.29. The summed E-state index contributed by atoms with van der Waals surface area (Å²) in [5.41, 5.74) is 2.17. The highest BCUT2D eigenvalue weighted by molar-refractivity contribution is 5.39. The van der Waals surface area contributed by atoms with Crippen molar-refractivity contribution in [3.05, 3.63) is 29.3 Å². The zero-order valence-electron chi connectivity index (χ0n) is 14.9. The number of phenolic OH excluding ortho intramolecular Hbond substituents is 1. The second-order valence-electron chi connectivity index (χ2n) is 6.91. The Morgan fingerprint density at radius 1 is 1.04 bits per heavy atom. The van der Waals surface area contributed by atoms with Crippen LogP contribution in [-0.2, 0) is 12.0 Å². The maximum absolute atomic E-state index is 10.1. The number of aliphatic hydroxyl groups is 2. The number of rotatable bonds is 11. The van der Waals surface area contributed by atoms with Crippen molar-refractivity contribution in [1.29, 1.82) is 0 Å². The Balaban J connectivity index is 2.88. The summed E-state index contributed by atoms with van der Waals surface area (Å²) in [7, 11) is 0. The number of phenols is 1. The molecule has 0 aromatic heterocycles. The molecule has 0 radical (unpaired) electrons. The molecule has 0 atom stereocenters. The fraction of sp³-hybridized carbons (Fsp3) is 0.684. The van der Waals surface area contributed by atoms with Gasteiger partial charge in [-0.05, 0) is 23.5 Å². The maximum atomic E-state index is 10.1. The molecule has 0 saturated heterocycles. The minimum Gasteiger partial charge on any atom is -0.508 e. The lowest BCUT2D eigenvalue weighted by atomic mass is 9.79. The molecule has 0 heterocycles. The van der Waals surface area contributed by atoms with Gasteiger partial charge >= 0.3 is 0 Å². The summed E-state index contributed by atoms with van der Waals surface area (Å²) in [5.74, 6) is 0.277. The van der Waals surface area contributed by atoms with E-state index in [1.165, 1.54) is 24.8 Å². The third-order valence-electron chi connectivity index (χ3n) is 4.49. The number of nitrogens with zero attached hydrogens (tertiary/aromatic N) is 1. The van der Waals surface area contributed by atoms with Crippen LogP contribution in [-0.4, -0.2) is 46.5 Å². The molecule has 132 valence electrons. The number of benzene rings is 1. The molecule has 1 aromatic carbocycles. The third-order valence-corrected chi connectivity index (χ3v) is 4.49. The van der Waals surface area contributed by atoms with E-state index in [0.29, 0.717) is 19.6 Å². The van der Waals surface area contributed by atoms with Crippen molar-refractivity contribution in [1.82, 2.24) is 4.90 Å². The van der Waals surface area contributed by atoms with Gasteiger partial charge < -0.3 is 15.3 Å². The van der Waals surface area contributed by atoms with E-state index in [1.54, 1.807) is 6.07 Å². The molecule has 0 aliphatic carbocycles. The van der Waals surface area contributed by atoms with Crippen LogP contribution in [0, 0.1) is 0 Å². The summed E-state index contributed by atoms with van der Waals surface area (Å²) in [6, 6.07) is 5.85. The number of hydrogen-bond acceptors (Lipinski definition) is 4. The zero-order valence-corrected chi connectivity index (χ0v) is 14.9. The van der Waals surface area contributed by atoms with Crippen LogP contribution in [0.4, 0.5) is 0 Å². The molecule has 0 fully saturated rings. The van der Waals surface area contributed by atoms with Crippen LogP contribution < -0.4 is 0 Å². The largest absolute Gasteiger partial charge is 0.508 e. The van der Waals surface area contributed by atoms with Gasteiger partial charge in [0.1, 0.15) is 5.75 Å². The Bertz CT molecular complexity index is 454. The average molecular weight is 323 g/mol. The molecular formula is C19H33NO3. The second-order valence-corrected chi connectivity index (χ2v) is 6.91. The standard InChI is InChI=1S/C19H33NO3/c1-4-5-6-9-19(2,3)17-7-8-18(23)16(14-17)15-20(10-12-21)11-13-22/h7-8,14,21-23H,4-6,9-13,15H2,1-3H3. The predicted octanol–water partition coefficient (Wildman–Crippen LogP) is 3.04. The molecule has 0 aliphatic heterocycles. The van der Waals surface area contributed by atoms with Crippen LogP contribution >= 0.6 is 0 Å². The van der Waals surface area contributed by atoms with E-state index in [1.807, 2.05) is 11.0 Å². The van der Waals surface area contributed by atoms with Gasteiger partial charge in [0.25, 0.3) is 0 Å². The monoisotopic (exact) mass is 323 g/mol. The molecule has 4 nitrogen and oxygen atoms in total. The van der Waals surface area contributed by atoms with E-state index in [2.05, 4.69) is 26.8 Å². The van der Waals surface area contributed by atoms with E-state index in [0.717, 1.165) is 12.0 Å². The highest BCUT2D eigenvalue weighted by Crippen LogP contribution is 2.32. The van der Waals surface area contributed by atoms with E-state index in [-0.39, 0.29) is 24.4 Å². The Morgan fingerprint density at radius 2 is 1.70 bits per heavy atom. The van der Waals surface area contributed by atoms with Gasteiger partial charge in [0.2, 0.25) is 0 Å². The molecule has 0 unspecified atom stereocenters. The molecule has 0 amide bonds. The number of aliphatic hydroxyl groups excluding tert-OH is 2. The summed E-state index contributed by atoms with van der Waals surface area (Å²) >= 11 is 0. The summed E-state index contributed by atoms with van der Waals surface area (Å²) in [4.78, 5) is 1.95. The first kappa shape index (κ1) is 19.9. The third kappa shape index (κ3) is 6.50. The Labute approximate surface area is 140 Å². The molecule has 0 spiro atoms. The lowest BCUT2D eigenvalue weighted by molar-refractivity contribution is 0.155. The molecule has 1 aromatic rings. The quantitative estimate of drug-likeness (QED) is 0.548. The molecule has 0 saturated carbocycles. The van der Waals surface area contributed by atoms with Crippen molar-refractivity contribution in [2.24, 2.45) is 0 Å². The van der Waals surface area contributed by atoms with Gasteiger partial charge in [0.05, 0.1) is 13.2 Å². The Kier molecular flexibility index (Phi) is 8.59. The van der Waals surface area contributed by atoms with Crippen LogP contribution in [0.2, 0.25) is 0 Å². The highest BCUT2D eigenvalue weighted by atomic mass is 16.3. The molecule has 1 rings (SSSR count). The molecular weight excluding hydrogens is 290 g/mol. The minimum absolute atomic E-state index is 0.0446. The molecule has 3 N–H and O–H groups in total. The topological polar surface area (TPSA) is 63.9 Å². The smallest absolute Gasteiger partial charge is 0.120 e. The van der Waals surface area contributed by atoms with Crippen LogP contribution in [0.1, 0.15) is 57.6 Å². The van der Waals surface area contributed by atoms with Crippen LogP contribution in [0.3, 0.4) is 0 Å². The van der Waals surface area contributed by atoms with Gasteiger partial charge in [-0.2, -0.15) is 0 Å². The first-order valence-electron chi connectivity index (χ1n) is 8.71. The molecule has 4 heteroatoms. The molecule has 23 heavy (non-hydrogen) atoms. The fourth-order valence-electron chi connectivity index (χ4n) is 2.89. The lowest BCUT2D eigenvalue weighted by Gasteiger charge is -2.27. The fourth-order valence-corrected chi connectivity index (χ4v) is 2.89. The summed E-state index contributed by atoms with van der Waals surface area (Å²) < 4.78 is 0.